The molecule has 0 aliphatic carbocycles. The standard InChI is InChI=1S/C12H22N2O2.C12H24N2OS/c1-10(2)16-9-12-5-4-6-14(12)8-11(7-12)13-15-3;1-10(2)15-9-12-5-4-6-14(12)8-11(7-12)13-16-3/h10H,4-9H2,1-3H3;10-11,13H,4-9H2,1-3H3/b13-11-;. The van der Waals surface area contributed by atoms with Crippen molar-refractivity contribution in [3.63, 3.8) is 0 Å². The normalized spacial score (nSPS) is 33.8. The quantitative estimate of drug-likeness (QED) is 0.409. The van der Waals surface area contributed by atoms with Crippen LogP contribution in [0.4, 0.5) is 0 Å². The molecule has 0 bridgehead atoms. The van der Waals surface area contributed by atoms with Crippen LogP contribution in [-0.2, 0) is 14.3 Å². The van der Waals surface area contributed by atoms with Crippen LogP contribution in [0, 0.1) is 0 Å². The number of fused-ring (bicyclic) bond motifs is 2. The molecule has 32 heavy (non-hydrogen) atoms. The fraction of sp³-hybridized carbons (Fsp3) is 0.958. The second kappa shape index (κ2) is 11.8. The minimum atomic E-state index is 0.210. The van der Waals surface area contributed by atoms with E-state index >= 15 is 0 Å². The minimum Gasteiger partial charge on any atom is -0.399 e. The van der Waals surface area contributed by atoms with Gasteiger partial charge in [-0.05, 0) is 79.1 Å². The summed E-state index contributed by atoms with van der Waals surface area (Å²) in [6, 6.07) is 0.645. The van der Waals surface area contributed by atoms with Crippen molar-refractivity contribution in [3.05, 3.63) is 0 Å². The summed E-state index contributed by atoms with van der Waals surface area (Å²) in [7, 11) is 1.62. The van der Waals surface area contributed by atoms with E-state index in [1.807, 2.05) is 0 Å². The van der Waals surface area contributed by atoms with Crippen LogP contribution < -0.4 is 4.72 Å². The maximum absolute atomic E-state index is 5.88. The molecule has 0 radical (unpaired) electrons. The molecule has 0 aromatic carbocycles. The number of nitrogens with zero attached hydrogens (tertiary/aromatic N) is 3. The highest BCUT2D eigenvalue weighted by molar-refractivity contribution is 7.96. The molecule has 0 spiro atoms. The van der Waals surface area contributed by atoms with Crippen molar-refractivity contribution in [2.24, 2.45) is 5.16 Å². The Morgan fingerprint density at radius 1 is 1.03 bits per heavy atom. The molecule has 4 saturated heterocycles. The van der Waals surface area contributed by atoms with Crippen molar-refractivity contribution >= 4 is 17.7 Å². The number of hydrogen-bond acceptors (Lipinski definition) is 8. The van der Waals surface area contributed by atoms with Crippen molar-refractivity contribution in [2.75, 3.05) is 52.8 Å². The molecule has 4 fully saturated rings. The first-order valence-electron chi connectivity index (χ1n) is 12.4. The second-order valence-electron chi connectivity index (χ2n) is 10.5. The zero-order valence-electron chi connectivity index (χ0n) is 21.2. The number of ether oxygens (including phenoxy) is 2. The van der Waals surface area contributed by atoms with E-state index in [0.29, 0.717) is 23.8 Å². The highest BCUT2D eigenvalue weighted by Crippen LogP contribution is 2.40. The van der Waals surface area contributed by atoms with E-state index in [1.165, 1.54) is 51.7 Å². The second-order valence-corrected chi connectivity index (χ2v) is 11.1. The first-order valence-corrected chi connectivity index (χ1v) is 13.7. The molecule has 0 amide bonds. The topological polar surface area (TPSA) is 58.6 Å². The molecule has 3 unspecified atom stereocenters. The lowest BCUT2D eigenvalue weighted by atomic mass is 9.94. The van der Waals surface area contributed by atoms with E-state index in [9.17, 15) is 0 Å². The number of hydrogen-bond donors (Lipinski definition) is 1. The predicted molar refractivity (Wildman–Crippen MR) is 133 cm³/mol. The Labute approximate surface area is 200 Å². The van der Waals surface area contributed by atoms with Gasteiger partial charge in [-0.2, -0.15) is 0 Å². The maximum Gasteiger partial charge on any atom is 0.106 e. The van der Waals surface area contributed by atoms with Gasteiger partial charge in [-0.25, -0.2) is 0 Å². The maximum atomic E-state index is 5.88. The third-order valence-electron chi connectivity index (χ3n) is 7.33. The third kappa shape index (κ3) is 6.39. The number of nitrogens with one attached hydrogen (secondary N) is 1. The van der Waals surface area contributed by atoms with Crippen LogP contribution in [0.15, 0.2) is 5.16 Å². The third-order valence-corrected chi connectivity index (χ3v) is 7.90. The average molecular weight is 471 g/mol. The Kier molecular flexibility index (Phi) is 9.71. The molecular formula is C24H46N4O3S. The van der Waals surface area contributed by atoms with Crippen LogP contribution in [0.5, 0.6) is 0 Å². The fourth-order valence-corrected chi connectivity index (χ4v) is 6.40. The van der Waals surface area contributed by atoms with Gasteiger partial charge < -0.3 is 14.3 Å². The van der Waals surface area contributed by atoms with Crippen molar-refractivity contribution in [2.45, 2.75) is 95.5 Å². The monoisotopic (exact) mass is 470 g/mol. The smallest absolute Gasteiger partial charge is 0.106 e. The lowest BCUT2D eigenvalue weighted by Gasteiger charge is -2.32. The number of rotatable bonds is 9. The lowest BCUT2D eigenvalue weighted by Crippen LogP contribution is -2.43. The minimum absolute atomic E-state index is 0.210. The molecule has 0 aromatic heterocycles. The fourth-order valence-electron chi connectivity index (χ4n) is 5.91. The summed E-state index contributed by atoms with van der Waals surface area (Å²) in [5.74, 6) is 0. The van der Waals surface area contributed by atoms with Gasteiger partial charge >= 0.3 is 0 Å². The zero-order valence-corrected chi connectivity index (χ0v) is 22.0. The molecule has 0 saturated carbocycles. The molecule has 7 nitrogen and oxygen atoms in total. The van der Waals surface area contributed by atoms with Gasteiger partial charge in [-0.3, -0.25) is 14.5 Å². The summed E-state index contributed by atoms with van der Waals surface area (Å²) in [5.41, 5.74) is 1.72. The van der Waals surface area contributed by atoms with Gasteiger partial charge in [0, 0.05) is 31.1 Å². The lowest BCUT2D eigenvalue weighted by molar-refractivity contribution is 0.00302. The molecule has 1 N–H and O–H groups in total. The highest BCUT2D eigenvalue weighted by Gasteiger charge is 2.49. The molecule has 4 aliphatic rings. The van der Waals surface area contributed by atoms with Gasteiger partial charge in [0.05, 0.1) is 36.7 Å². The van der Waals surface area contributed by atoms with Crippen molar-refractivity contribution < 1.29 is 14.3 Å². The van der Waals surface area contributed by atoms with Crippen LogP contribution in [0.3, 0.4) is 0 Å². The summed E-state index contributed by atoms with van der Waals surface area (Å²) in [5, 5.41) is 4.10. The Balaban J connectivity index is 0.000000181. The first-order chi connectivity index (χ1) is 15.3. The molecule has 3 atom stereocenters. The molecular weight excluding hydrogens is 424 g/mol. The van der Waals surface area contributed by atoms with Crippen molar-refractivity contribution in [3.8, 4) is 0 Å². The first kappa shape index (κ1) is 26.2. The summed E-state index contributed by atoms with van der Waals surface area (Å²) in [4.78, 5) is 10.0. The molecule has 4 heterocycles. The van der Waals surface area contributed by atoms with E-state index in [0.717, 1.165) is 31.9 Å². The number of oxime groups is 1. The molecule has 186 valence electrons. The SMILES string of the molecule is CO/N=C1\CN2CCCC2(COC(C)C)C1.CSNC1CN2CCCC2(COC(C)C)C1. The Morgan fingerprint density at radius 3 is 2.28 bits per heavy atom. The van der Waals surface area contributed by atoms with E-state index < -0.39 is 0 Å². The van der Waals surface area contributed by atoms with Crippen LogP contribution in [0.2, 0.25) is 0 Å². The molecule has 4 rings (SSSR count). The Hall–Kier alpha value is -0.380. The molecule has 8 heteroatoms. The van der Waals surface area contributed by atoms with Crippen molar-refractivity contribution in [1.82, 2.24) is 14.5 Å². The van der Waals surface area contributed by atoms with Crippen LogP contribution in [0.1, 0.15) is 66.2 Å². The molecule has 0 aromatic rings. The average Bonchev–Trinajstić information content (AvgIpc) is 3.44. The van der Waals surface area contributed by atoms with E-state index in [4.69, 9.17) is 14.3 Å². The Bertz CT molecular complexity index is 620. The van der Waals surface area contributed by atoms with Gasteiger partial charge in [-0.1, -0.05) is 17.1 Å². The van der Waals surface area contributed by atoms with E-state index in [1.54, 1.807) is 19.1 Å². The summed E-state index contributed by atoms with van der Waals surface area (Å²) in [6.07, 6.45) is 10.2. The van der Waals surface area contributed by atoms with E-state index in [-0.39, 0.29) is 5.54 Å². The van der Waals surface area contributed by atoms with Crippen LogP contribution in [-0.4, -0.2) is 97.6 Å². The van der Waals surface area contributed by atoms with Gasteiger partial charge in [0.15, 0.2) is 0 Å². The van der Waals surface area contributed by atoms with Gasteiger partial charge in [0.2, 0.25) is 0 Å². The largest absolute Gasteiger partial charge is 0.399 e. The van der Waals surface area contributed by atoms with Gasteiger partial charge in [0.25, 0.3) is 0 Å². The zero-order chi connectivity index (χ0) is 23.2. The Morgan fingerprint density at radius 2 is 1.66 bits per heavy atom. The molecule has 4 aliphatic heterocycles. The summed E-state index contributed by atoms with van der Waals surface area (Å²) in [6.45, 7) is 14.8. The summed E-state index contributed by atoms with van der Waals surface area (Å²) >= 11 is 1.74. The van der Waals surface area contributed by atoms with Crippen molar-refractivity contribution in [1.29, 1.82) is 0 Å². The van der Waals surface area contributed by atoms with Gasteiger partial charge in [0.1, 0.15) is 7.11 Å². The van der Waals surface area contributed by atoms with E-state index in [2.05, 4.69) is 53.6 Å². The van der Waals surface area contributed by atoms with Crippen LogP contribution in [0.25, 0.3) is 0 Å². The summed E-state index contributed by atoms with van der Waals surface area (Å²) < 4.78 is 15.2. The predicted octanol–water partition coefficient (Wildman–Crippen LogP) is 3.54. The van der Waals surface area contributed by atoms with Gasteiger partial charge in [-0.15, -0.1) is 0 Å². The van der Waals surface area contributed by atoms with Crippen LogP contribution >= 0.6 is 11.9 Å². The highest BCUT2D eigenvalue weighted by atomic mass is 32.2.